The number of hydrogen-bond acceptors (Lipinski definition) is 7. The molecule has 140 valence electrons. The van der Waals surface area contributed by atoms with E-state index in [0.717, 1.165) is 27.3 Å². The van der Waals surface area contributed by atoms with Crippen LogP contribution in [0.5, 0.6) is 0 Å². The Morgan fingerprint density at radius 2 is 1.96 bits per heavy atom. The molecule has 0 saturated heterocycles. The van der Waals surface area contributed by atoms with Crippen molar-refractivity contribution < 1.29 is 4.79 Å². The molecule has 0 fully saturated rings. The van der Waals surface area contributed by atoms with Gasteiger partial charge < -0.3 is 10.7 Å². The van der Waals surface area contributed by atoms with Gasteiger partial charge in [-0.1, -0.05) is 25.1 Å². The van der Waals surface area contributed by atoms with Crippen molar-refractivity contribution in [3.8, 4) is 0 Å². The minimum absolute atomic E-state index is 0.184. The molecule has 0 aliphatic heterocycles. The lowest BCUT2D eigenvalue weighted by atomic mass is 10.1. The molecule has 0 amide bonds. The van der Waals surface area contributed by atoms with Crippen molar-refractivity contribution in [3.05, 3.63) is 48.5 Å². The molecule has 1 unspecified atom stereocenters. The number of H-pyrrole nitrogens is 1. The number of anilines is 1. The van der Waals surface area contributed by atoms with Crippen LogP contribution in [-0.2, 0) is 20.5 Å². The summed E-state index contributed by atoms with van der Waals surface area (Å²) in [5, 5.41) is -0.440. The van der Waals surface area contributed by atoms with Crippen LogP contribution < -0.4 is 22.5 Å². The molecule has 1 atom stereocenters. The van der Waals surface area contributed by atoms with Crippen molar-refractivity contribution in [3.63, 3.8) is 0 Å². The smallest absolute Gasteiger partial charge is 0.332 e. The third kappa shape index (κ3) is 3.79. The van der Waals surface area contributed by atoms with Crippen LogP contribution in [0.4, 0.5) is 5.82 Å². The maximum Gasteiger partial charge on any atom is 0.332 e. The number of aromatic amines is 1. The summed E-state index contributed by atoms with van der Waals surface area (Å²) in [5.74, 6) is -0.719. The van der Waals surface area contributed by atoms with Gasteiger partial charge in [0, 0.05) is 25.9 Å². The van der Waals surface area contributed by atoms with E-state index >= 15 is 0 Å². The number of aromatic nitrogens is 4. The fourth-order valence-electron chi connectivity index (χ4n) is 2.44. The summed E-state index contributed by atoms with van der Waals surface area (Å²) >= 11 is 1.03. The molecular weight excluding hydrogens is 358 g/mol. The molecule has 0 saturated carbocycles. The van der Waals surface area contributed by atoms with Crippen LogP contribution in [0.3, 0.4) is 0 Å². The summed E-state index contributed by atoms with van der Waals surface area (Å²) in [7, 11) is 2.67. The van der Waals surface area contributed by atoms with Crippen LogP contribution in [0.25, 0.3) is 0 Å². The van der Waals surface area contributed by atoms with Crippen LogP contribution >= 0.6 is 11.8 Å². The quantitative estimate of drug-likeness (QED) is 0.412. The largest absolute Gasteiger partial charge is 0.384 e. The highest BCUT2D eigenvalue weighted by Crippen LogP contribution is 2.22. The first kappa shape index (κ1) is 19.7. The van der Waals surface area contributed by atoms with Crippen LogP contribution in [0.15, 0.2) is 25.6 Å². The molecule has 26 heavy (non-hydrogen) atoms. The zero-order valence-electron chi connectivity index (χ0n) is 15.0. The molecule has 2 aromatic heterocycles. The van der Waals surface area contributed by atoms with E-state index < -0.39 is 22.3 Å². The third-order valence-electron chi connectivity index (χ3n) is 3.89. The van der Waals surface area contributed by atoms with Crippen LogP contribution in [0, 0.1) is 0 Å². The van der Waals surface area contributed by atoms with Crippen LogP contribution in [0.1, 0.15) is 36.3 Å². The molecule has 2 heterocycles. The van der Waals surface area contributed by atoms with Crippen molar-refractivity contribution >= 4 is 23.4 Å². The third-order valence-corrected chi connectivity index (χ3v) is 4.88. The van der Waals surface area contributed by atoms with Gasteiger partial charge in [0.1, 0.15) is 11.4 Å². The molecule has 0 bridgehead atoms. The number of ketones is 1. The number of carbonyl (C=O) groups excluding carboxylic acids is 1. The van der Waals surface area contributed by atoms with E-state index in [2.05, 4.69) is 9.97 Å². The Balaban J connectivity index is 2.39. The lowest BCUT2D eigenvalue weighted by Gasteiger charge is -2.14. The lowest BCUT2D eigenvalue weighted by molar-refractivity contribution is 0.0992. The van der Waals surface area contributed by atoms with E-state index in [1.807, 2.05) is 6.92 Å². The number of thioether (sulfide) groups is 1. The minimum atomic E-state index is -0.746. The molecule has 0 radical (unpaired) electrons. The van der Waals surface area contributed by atoms with Gasteiger partial charge in [-0.05, 0) is 13.3 Å². The maximum atomic E-state index is 12.8. The van der Waals surface area contributed by atoms with Crippen molar-refractivity contribution in [1.82, 2.24) is 19.1 Å². The molecule has 0 spiro atoms. The van der Waals surface area contributed by atoms with E-state index in [1.165, 1.54) is 20.2 Å². The fourth-order valence-corrected chi connectivity index (χ4v) is 3.33. The summed E-state index contributed by atoms with van der Waals surface area (Å²) in [4.78, 5) is 55.6. The van der Waals surface area contributed by atoms with Gasteiger partial charge in [-0.3, -0.25) is 23.5 Å². The Kier molecular flexibility index (Phi) is 5.86. The zero-order chi connectivity index (χ0) is 19.6. The normalized spacial score (nSPS) is 12.2. The summed E-state index contributed by atoms with van der Waals surface area (Å²) < 4.78 is 1.89. The lowest BCUT2D eigenvalue weighted by Crippen LogP contribution is -2.42. The standard InChI is InChI=1S/C16H21N5O4S/c1-5-6-9-7-10(22)19-15(18-9)26-8(2)12(23)11-13(17)20(3)16(25)21(4)14(11)24/h7-8H,5-6,17H2,1-4H3,(H,18,19,22). The number of rotatable bonds is 6. The van der Waals surface area contributed by atoms with Gasteiger partial charge in [-0.2, -0.15) is 0 Å². The summed E-state index contributed by atoms with van der Waals surface area (Å²) in [6, 6.07) is 1.42. The van der Waals surface area contributed by atoms with E-state index in [4.69, 9.17) is 5.73 Å². The van der Waals surface area contributed by atoms with Gasteiger partial charge in [-0.15, -0.1) is 0 Å². The minimum Gasteiger partial charge on any atom is -0.384 e. The Morgan fingerprint density at radius 3 is 2.58 bits per heavy atom. The molecule has 0 aromatic carbocycles. The van der Waals surface area contributed by atoms with E-state index in [0.29, 0.717) is 17.3 Å². The van der Waals surface area contributed by atoms with Gasteiger partial charge in [0.2, 0.25) is 0 Å². The summed E-state index contributed by atoms with van der Waals surface area (Å²) in [6.45, 7) is 3.56. The predicted molar refractivity (Wildman–Crippen MR) is 99.8 cm³/mol. The number of nitrogen functional groups attached to an aromatic ring is 1. The first-order valence-corrected chi connectivity index (χ1v) is 8.91. The summed E-state index contributed by atoms with van der Waals surface area (Å²) in [6.07, 6.45) is 1.48. The Morgan fingerprint density at radius 1 is 1.31 bits per heavy atom. The molecule has 10 heteroatoms. The van der Waals surface area contributed by atoms with Gasteiger partial charge in [-0.25, -0.2) is 9.78 Å². The number of Topliss-reactive ketones (excluding diaryl/α,β-unsaturated/α-hetero) is 1. The molecule has 3 N–H and O–H groups in total. The second-order valence-electron chi connectivity index (χ2n) is 5.88. The highest BCUT2D eigenvalue weighted by molar-refractivity contribution is 8.00. The Labute approximate surface area is 153 Å². The first-order valence-electron chi connectivity index (χ1n) is 8.04. The topological polar surface area (TPSA) is 133 Å². The molecule has 2 rings (SSSR count). The average molecular weight is 379 g/mol. The second kappa shape index (κ2) is 7.73. The number of aryl methyl sites for hydroxylation is 1. The molecular formula is C16H21N5O4S. The van der Waals surface area contributed by atoms with Gasteiger partial charge >= 0.3 is 5.69 Å². The van der Waals surface area contributed by atoms with Crippen molar-refractivity contribution in [2.24, 2.45) is 14.1 Å². The fraction of sp³-hybridized carbons (Fsp3) is 0.438. The Hall–Kier alpha value is -2.62. The molecule has 0 aliphatic carbocycles. The monoisotopic (exact) mass is 379 g/mol. The number of carbonyl (C=O) groups is 1. The van der Waals surface area contributed by atoms with E-state index in [1.54, 1.807) is 6.92 Å². The van der Waals surface area contributed by atoms with Gasteiger partial charge in [0.15, 0.2) is 10.9 Å². The molecule has 2 aromatic rings. The van der Waals surface area contributed by atoms with Crippen LogP contribution in [0.2, 0.25) is 0 Å². The highest BCUT2D eigenvalue weighted by atomic mass is 32.2. The zero-order valence-corrected chi connectivity index (χ0v) is 15.8. The molecule has 9 nitrogen and oxygen atoms in total. The highest BCUT2D eigenvalue weighted by Gasteiger charge is 2.26. The van der Waals surface area contributed by atoms with Gasteiger partial charge in [0.25, 0.3) is 11.1 Å². The number of nitrogens with two attached hydrogens (primary N) is 1. The number of nitrogens with zero attached hydrogens (tertiary/aromatic N) is 3. The second-order valence-corrected chi connectivity index (χ2v) is 7.21. The van der Waals surface area contributed by atoms with Crippen molar-refractivity contribution in [2.75, 3.05) is 5.73 Å². The molecule has 0 aliphatic rings. The van der Waals surface area contributed by atoms with Crippen molar-refractivity contribution in [2.45, 2.75) is 37.1 Å². The average Bonchev–Trinajstić information content (AvgIpc) is 2.58. The maximum absolute atomic E-state index is 12.8. The predicted octanol–water partition coefficient (Wildman–Crippen LogP) is 0.0655. The van der Waals surface area contributed by atoms with E-state index in [9.17, 15) is 19.2 Å². The summed E-state index contributed by atoms with van der Waals surface area (Å²) in [5.41, 5.74) is 4.55. The first-order chi connectivity index (χ1) is 12.2. The number of hydrogen-bond donors (Lipinski definition) is 2. The van der Waals surface area contributed by atoms with Crippen molar-refractivity contribution in [1.29, 1.82) is 0 Å². The van der Waals surface area contributed by atoms with E-state index in [-0.39, 0.29) is 16.9 Å². The van der Waals surface area contributed by atoms with Gasteiger partial charge in [0.05, 0.1) is 5.25 Å². The Bertz CT molecular complexity index is 1020. The number of nitrogens with one attached hydrogen (secondary N) is 1. The van der Waals surface area contributed by atoms with Crippen LogP contribution in [-0.4, -0.2) is 30.1 Å². The SMILES string of the molecule is CCCc1cc(=O)[nH]c(SC(C)C(=O)c2c(N)n(C)c(=O)n(C)c2=O)n1.